The van der Waals surface area contributed by atoms with Gasteiger partial charge in [-0.3, -0.25) is 4.79 Å². The van der Waals surface area contributed by atoms with Crippen LogP contribution in [0.4, 0.5) is 5.69 Å². The Hall–Kier alpha value is -3.34. The van der Waals surface area contributed by atoms with Crippen molar-refractivity contribution in [3.8, 4) is 5.75 Å². The summed E-state index contributed by atoms with van der Waals surface area (Å²) in [6.07, 6.45) is 28.6. The highest BCUT2D eigenvalue weighted by molar-refractivity contribution is 5.96. The Morgan fingerprint density at radius 2 is 1.38 bits per heavy atom. The second-order valence-corrected chi connectivity index (χ2v) is 7.92. The number of phenols is 1. The number of carboxylic acids is 1. The van der Waals surface area contributed by atoms with Crippen LogP contribution in [0.15, 0.2) is 79.0 Å². The van der Waals surface area contributed by atoms with Crippen molar-refractivity contribution in [1.82, 2.24) is 0 Å². The summed E-state index contributed by atoms with van der Waals surface area (Å²) < 4.78 is 0. The van der Waals surface area contributed by atoms with Gasteiger partial charge in [0.05, 0.1) is 0 Å². The Balaban J connectivity index is 2.28. The van der Waals surface area contributed by atoms with Gasteiger partial charge in [-0.25, -0.2) is 4.79 Å². The molecule has 0 spiro atoms. The molecule has 0 radical (unpaired) electrons. The number of nitrogens with one attached hydrogen (secondary N) is 1. The summed E-state index contributed by atoms with van der Waals surface area (Å²) >= 11 is 0. The number of aromatic hydroxyl groups is 1. The van der Waals surface area contributed by atoms with Crippen LogP contribution in [0.2, 0.25) is 0 Å². The van der Waals surface area contributed by atoms with Crippen LogP contribution in [0.25, 0.3) is 0 Å². The maximum Gasteiger partial charge on any atom is 0.339 e. The monoisotopic (exact) mass is 465 g/mol. The van der Waals surface area contributed by atoms with Gasteiger partial charge in [0.25, 0.3) is 0 Å². The van der Waals surface area contributed by atoms with Gasteiger partial charge in [-0.2, -0.15) is 0 Å². The van der Waals surface area contributed by atoms with Crippen molar-refractivity contribution < 1.29 is 19.8 Å². The number of rotatable bonds is 16. The van der Waals surface area contributed by atoms with E-state index in [1.54, 1.807) is 0 Å². The Kier molecular flexibility index (Phi) is 15.3. The van der Waals surface area contributed by atoms with Gasteiger partial charge in [0.1, 0.15) is 11.3 Å². The van der Waals surface area contributed by atoms with Gasteiger partial charge in [0.2, 0.25) is 5.91 Å². The number of allylic oxidation sites excluding steroid dienone is 10. The number of carbonyl (C=O) groups excluding carboxylic acids is 1. The number of benzene rings is 1. The van der Waals surface area contributed by atoms with Crippen LogP contribution in [0.3, 0.4) is 0 Å². The molecule has 5 nitrogen and oxygen atoms in total. The van der Waals surface area contributed by atoms with Crippen molar-refractivity contribution in [2.75, 3.05) is 5.32 Å². The highest BCUT2D eigenvalue weighted by atomic mass is 16.4. The Morgan fingerprint density at radius 1 is 0.853 bits per heavy atom. The maximum absolute atomic E-state index is 12.5. The predicted octanol–water partition coefficient (Wildman–Crippen LogP) is 7.59. The number of carboxylic acid groups (broad SMARTS) is 1. The largest absolute Gasteiger partial charge is 0.507 e. The van der Waals surface area contributed by atoms with Gasteiger partial charge in [0.15, 0.2) is 0 Å². The van der Waals surface area contributed by atoms with E-state index in [4.69, 9.17) is 5.11 Å². The fourth-order valence-corrected chi connectivity index (χ4v) is 3.22. The normalized spacial score (nSPS) is 13.1. The fourth-order valence-electron chi connectivity index (χ4n) is 3.22. The van der Waals surface area contributed by atoms with Crippen molar-refractivity contribution >= 4 is 17.6 Å². The highest BCUT2D eigenvalue weighted by Gasteiger charge is 2.17. The lowest BCUT2D eigenvalue weighted by molar-refractivity contribution is -0.120. The van der Waals surface area contributed by atoms with E-state index >= 15 is 0 Å². The number of carbonyl (C=O) groups is 2. The second kappa shape index (κ2) is 18.1. The molecule has 0 fully saturated rings. The first-order valence-electron chi connectivity index (χ1n) is 12.1. The molecule has 1 aromatic rings. The standard InChI is InChI=1S/C29H39NO4/c1-3-5-6-7-8-9-10-11-12-13-14-15-16-17-18-19-20-24(4-2)28(32)30-25-21-22-27(31)26(23-25)29(33)34/h5-6,8-9,11-12,14-15,17-18,21-24,31H,3-4,7,10,13,16,19-20H2,1-2H3,(H,30,32)(H,33,34). The van der Waals surface area contributed by atoms with E-state index in [1.165, 1.54) is 18.2 Å². The highest BCUT2D eigenvalue weighted by Crippen LogP contribution is 2.23. The Bertz CT molecular complexity index is 893. The Labute approximate surface area is 204 Å². The van der Waals surface area contributed by atoms with Crippen LogP contribution < -0.4 is 5.32 Å². The first-order valence-corrected chi connectivity index (χ1v) is 12.1. The van der Waals surface area contributed by atoms with Crippen LogP contribution in [0.5, 0.6) is 5.75 Å². The van der Waals surface area contributed by atoms with E-state index in [2.05, 4.69) is 73.0 Å². The van der Waals surface area contributed by atoms with Gasteiger partial charge in [-0.15, -0.1) is 0 Å². The molecule has 34 heavy (non-hydrogen) atoms. The summed E-state index contributed by atoms with van der Waals surface area (Å²) in [5, 5.41) is 21.4. The quantitative estimate of drug-likeness (QED) is 0.173. The molecule has 0 bridgehead atoms. The van der Waals surface area contributed by atoms with Crippen molar-refractivity contribution in [2.45, 2.75) is 65.2 Å². The molecule has 1 rings (SSSR count). The number of hydrogen-bond donors (Lipinski definition) is 3. The molecule has 0 aliphatic carbocycles. The number of anilines is 1. The summed E-state index contributed by atoms with van der Waals surface area (Å²) in [4.78, 5) is 23.7. The van der Waals surface area contributed by atoms with E-state index in [9.17, 15) is 14.7 Å². The van der Waals surface area contributed by atoms with E-state index < -0.39 is 5.97 Å². The topological polar surface area (TPSA) is 86.6 Å². The fraction of sp³-hybridized carbons (Fsp3) is 0.379. The first kappa shape index (κ1) is 28.7. The van der Waals surface area contributed by atoms with Crippen molar-refractivity contribution in [3.05, 3.63) is 84.5 Å². The smallest absolute Gasteiger partial charge is 0.339 e. The molecule has 0 saturated carbocycles. The molecular weight excluding hydrogens is 426 g/mol. The minimum absolute atomic E-state index is 0.142. The van der Waals surface area contributed by atoms with Crippen LogP contribution in [0.1, 0.15) is 75.6 Å². The number of aromatic carboxylic acids is 1. The molecule has 1 aromatic carbocycles. The van der Waals surface area contributed by atoms with Crippen molar-refractivity contribution in [1.29, 1.82) is 0 Å². The molecule has 0 saturated heterocycles. The lowest BCUT2D eigenvalue weighted by atomic mass is 9.99. The van der Waals surface area contributed by atoms with Gasteiger partial charge in [-0.05, 0) is 69.6 Å². The SMILES string of the molecule is CCC=CCC=CCC=CCC=CCC=CCCC(CC)C(=O)Nc1ccc(O)c(C(=O)O)c1. The maximum atomic E-state index is 12.5. The van der Waals surface area contributed by atoms with Crippen LogP contribution in [0, 0.1) is 5.92 Å². The summed E-state index contributed by atoms with van der Waals surface area (Å²) in [6, 6.07) is 4.04. The average molecular weight is 466 g/mol. The van der Waals surface area contributed by atoms with Crippen molar-refractivity contribution in [2.24, 2.45) is 5.92 Å². The molecule has 0 aliphatic heterocycles. The molecule has 0 heterocycles. The molecule has 1 amide bonds. The Morgan fingerprint density at radius 3 is 1.88 bits per heavy atom. The van der Waals surface area contributed by atoms with E-state index in [0.717, 1.165) is 44.9 Å². The minimum atomic E-state index is -1.24. The van der Waals surface area contributed by atoms with Crippen molar-refractivity contribution in [3.63, 3.8) is 0 Å². The first-order chi connectivity index (χ1) is 16.5. The molecule has 3 N–H and O–H groups in total. The third-order valence-corrected chi connectivity index (χ3v) is 5.20. The number of amides is 1. The molecule has 0 aromatic heterocycles. The average Bonchev–Trinajstić information content (AvgIpc) is 2.82. The summed E-state index contributed by atoms with van der Waals surface area (Å²) in [7, 11) is 0. The van der Waals surface area contributed by atoms with Crippen LogP contribution in [-0.2, 0) is 4.79 Å². The molecule has 1 atom stereocenters. The summed E-state index contributed by atoms with van der Waals surface area (Å²) in [5.41, 5.74) is 0.137. The third-order valence-electron chi connectivity index (χ3n) is 5.20. The van der Waals surface area contributed by atoms with E-state index in [0.29, 0.717) is 12.1 Å². The lowest BCUT2D eigenvalue weighted by Gasteiger charge is -2.14. The van der Waals surface area contributed by atoms with Gasteiger partial charge < -0.3 is 15.5 Å². The van der Waals surface area contributed by atoms with Crippen LogP contribution >= 0.6 is 0 Å². The summed E-state index contributed by atoms with van der Waals surface area (Å²) in [5.74, 6) is -1.86. The predicted molar refractivity (Wildman–Crippen MR) is 141 cm³/mol. The van der Waals surface area contributed by atoms with E-state index in [-0.39, 0.29) is 23.1 Å². The van der Waals surface area contributed by atoms with Crippen LogP contribution in [-0.4, -0.2) is 22.1 Å². The zero-order valence-electron chi connectivity index (χ0n) is 20.5. The lowest BCUT2D eigenvalue weighted by Crippen LogP contribution is -2.22. The zero-order chi connectivity index (χ0) is 25.0. The molecule has 1 unspecified atom stereocenters. The van der Waals surface area contributed by atoms with Gasteiger partial charge >= 0.3 is 5.97 Å². The number of hydrogen-bond acceptors (Lipinski definition) is 3. The zero-order valence-corrected chi connectivity index (χ0v) is 20.5. The molecule has 5 heteroatoms. The minimum Gasteiger partial charge on any atom is -0.507 e. The summed E-state index contributed by atoms with van der Waals surface area (Å²) in [6.45, 7) is 4.10. The molecule has 0 aliphatic rings. The van der Waals surface area contributed by atoms with Gasteiger partial charge in [-0.1, -0.05) is 74.6 Å². The van der Waals surface area contributed by atoms with E-state index in [1.807, 2.05) is 6.92 Å². The van der Waals surface area contributed by atoms with Gasteiger partial charge in [0, 0.05) is 11.6 Å². The second-order valence-electron chi connectivity index (χ2n) is 7.92. The third kappa shape index (κ3) is 12.6. The molecular formula is C29H39NO4. The molecule has 184 valence electrons.